The number of aromatic nitrogens is 2. The van der Waals surface area contributed by atoms with E-state index in [0.717, 1.165) is 91.9 Å². The van der Waals surface area contributed by atoms with E-state index in [9.17, 15) is 0 Å². The van der Waals surface area contributed by atoms with Gasteiger partial charge in [0.1, 0.15) is 11.6 Å². The predicted octanol–water partition coefficient (Wildman–Crippen LogP) is 5.00. The third-order valence-electron chi connectivity index (χ3n) is 8.53. The maximum Gasteiger partial charge on any atom is 0.227 e. The first-order chi connectivity index (χ1) is 18.5. The molecule has 7 nitrogen and oxygen atoms in total. The normalized spacial score (nSPS) is 21.6. The van der Waals surface area contributed by atoms with Crippen LogP contribution < -0.4 is 15.0 Å². The molecule has 0 radical (unpaired) electrons. The van der Waals surface area contributed by atoms with Gasteiger partial charge >= 0.3 is 0 Å². The van der Waals surface area contributed by atoms with E-state index in [1.165, 1.54) is 38.8 Å². The van der Waals surface area contributed by atoms with Gasteiger partial charge in [0.05, 0.1) is 18.2 Å². The molecular formula is C31H46N6O. The molecule has 0 amide bonds. The van der Waals surface area contributed by atoms with Crippen LogP contribution in [-0.2, 0) is 0 Å². The zero-order chi connectivity index (χ0) is 26.5. The SMILES string of the molecule is COc1cc2c(NC3CCN(C(C)C)CC3)nc(N3CCCCC3)nc2cc1C#CCCN1CC[C@@H](C)C1. The molecule has 3 aliphatic heterocycles. The van der Waals surface area contributed by atoms with E-state index in [0.29, 0.717) is 12.1 Å². The molecule has 1 atom stereocenters. The monoisotopic (exact) mass is 518 g/mol. The van der Waals surface area contributed by atoms with Crippen LogP contribution in [-0.4, -0.2) is 84.8 Å². The zero-order valence-electron chi connectivity index (χ0n) is 23.9. The van der Waals surface area contributed by atoms with Crippen LogP contribution in [0.3, 0.4) is 0 Å². The van der Waals surface area contributed by atoms with Crippen LogP contribution >= 0.6 is 0 Å². The second kappa shape index (κ2) is 12.5. The highest BCUT2D eigenvalue weighted by Crippen LogP contribution is 2.32. The van der Waals surface area contributed by atoms with Gasteiger partial charge < -0.3 is 24.8 Å². The number of anilines is 2. The Balaban J connectivity index is 1.41. The van der Waals surface area contributed by atoms with Crippen LogP contribution in [0.2, 0.25) is 0 Å². The van der Waals surface area contributed by atoms with E-state index < -0.39 is 0 Å². The standard InChI is InChI=1S/C31H46N6O/c1-23(2)36-18-12-26(13-19-36)32-30-27-21-29(38-4)25(10-6-9-14-35-17-11-24(3)22-35)20-28(27)33-31(34-30)37-15-7-5-8-16-37/h20-21,23-24,26H,5,7-9,11-19,22H2,1-4H3,(H,32,33,34)/t24-/m1/s1. The second-order valence-electron chi connectivity index (χ2n) is 11.8. The molecule has 5 rings (SSSR count). The van der Waals surface area contributed by atoms with Crippen LogP contribution in [0.4, 0.5) is 11.8 Å². The summed E-state index contributed by atoms with van der Waals surface area (Å²) in [5.74, 6) is 10.2. The largest absolute Gasteiger partial charge is 0.495 e. The maximum absolute atomic E-state index is 5.82. The first-order valence-electron chi connectivity index (χ1n) is 14.9. The summed E-state index contributed by atoms with van der Waals surface area (Å²) < 4.78 is 5.82. The molecule has 0 bridgehead atoms. The van der Waals surface area contributed by atoms with Gasteiger partial charge in [-0.25, -0.2) is 4.98 Å². The number of likely N-dealkylation sites (tertiary alicyclic amines) is 2. The molecule has 3 fully saturated rings. The summed E-state index contributed by atoms with van der Waals surface area (Å²) >= 11 is 0. The summed E-state index contributed by atoms with van der Waals surface area (Å²) in [7, 11) is 1.73. The molecule has 0 spiro atoms. The molecule has 3 aliphatic rings. The number of rotatable bonds is 7. The van der Waals surface area contributed by atoms with Crippen molar-refractivity contribution in [3.05, 3.63) is 17.7 Å². The lowest BCUT2D eigenvalue weighted by Crippen LogP contribution is -2.42. The van der Waals surface area contributed by atoms with Crippen molar-refractivity contribution in [3.8, 4) is 17.6 Å². The third-order valence-corrected chi connectivity index (χ3v) is 8.53. The summed E-state index contributed by atoms with van der Waals surface area (Å²) in [5.41, 5.74) is 1.86. The topological polar surface area (TPSA) is 56.8 Å². The van der Waals surface area contributed by atoms with Crippen molar-refractivity contribution in [1.29, 1.82) is 0 Å². The fraction of sp³-hybridized carbons (Fsp3) is 0.677. The van der Waals surface area contributed by atoms with Gasteiger partial charge in [-0.05, 0) is 77.0 Å². The number of hydrogen-bond acceptors (Lipinski definition) is 7. The molecule has 1 N–H and O–H groups in total. The number of hydrogen-bond donors (Lipinski definition) is 1. The van der Waals surface area contributed by atoms with Crippen LogP contribution in [0.15, 0.2) is 12.1 Å². The molecule has 4 heterocycles. The van der Waals surface area contributed by atoms with Crippen LogP contribution in [0.5, 0.6) is 5.75 Å². The number of piperidine rings is 2. The van der Waals surface area contributed by atoms with Gasteiger partial charge in [0.15, 0.2) is 0 Å². The molecule has 0 saturated carbocycles. The maximum atomic E-state index is 5.82. The minimum atomic E-state index is 0.413. The van der Waals surface area contributed by atoms with Crippen molar-refractivity contribution in [2.24, 2.45) is 5.92 Å². The van der Waals surface area contributed by atoms with Gasteiger partial charge in [-0.15, -0.1) is 0 Å². The molecule has 1 aromatic heterocycles. The van der Waals surface area contributed by atoms with Crippen molar-refractivity contribution in [3.63, 3.8) is 0 Å². The lowest BCUT2D eigenvalue weighted by atomic mass is 10.0. The number of nitrogens with one attached hydrogen (secondary N) is 1. The number of fused-ring (bicyclic) bond motifs is 1. The first kappa shape index (κ1) is 27.0. The Labute approximate surface area is 229 Å². The third kappa shape index (κ3) is 6.52. The fourth-order valence-corrected chi connectivity index (χ4v) is 6.11. The summed E-state index contributed by atoms with van der Waals surface area (Å²) in [6.45, 7) is 14.6. The predicted molar refractivity (Wildman–Crippen MR) is 157 cm³/mol. The minimum Gasteiger partial charge on any atom is -0.495 e. The van der Waals surface area contributed by atoms with Crippen LogP contribution in [0.1, 0.15) is 71.3 Å². The molecule has 1 aromatic carbocycles. The first-order valence-corrected chi connectivity index (χ1v) is 14.9. The van der Waals surface area contributed by atoms with Gasteiger partial charge in [-0.3, -0.25) is 0 Å². The molecule has 38 heavy (non-hydrogen) atoms. The van der Waals surface area contributed by atoms with Crippen LogP contribution in [0, 0.1) is 17.8 Å². The number of benzene rings is 1. The van der Waals surface area contributed by atoms with Gasteiger partial charge in [0.25, 0.3) is 0 Å². The van der Waals surface area contributed by atoms with E-state index in [1.807, 2.05) is 0 Å². The number of ether oxygens (including phenoxy) is 1. The second-order valence-corrected chi connectivity index (χ2v) is 11.8. The number of methoxy groups -OCH3 is 1. The van der Waals surface area contributed by atoms with Crippen molar-refractivity contribution >= 4 is 22.7 Å². The molecular weight excluding hydrogens is 472 g/mol. The molecule has 3 saturated heterocycles. The van der Waals surface area contributed by atoms with Crippen molar-refractivity contribution in [1.82, 2.24) is 19.8 Å². The molecule has 7 heteroatoms. The van der Waals surface area contributed by atoms with Gasteiger partial charge in [0.2, 0.25) is 5.95 Å². The van der Waals surface area contributed by atoms with E-state index in [1.54, 1.807) is 7.11 Å². The van der Waals surface area contributed by atoms with Crippen molar-refractivity contribution in [2.75, 3.05) is 63.1 Å². The van der Waals surface area contributed by atoms with Crippen molar-refractivity contribution < 1.29 is 4.74 Å². The van der Waals surface area contributed by atoms with E-state index in [2.05, 4.69) is 64.8 Å². The number of nitrogens with zero attached hydrogens (tertiary/aromatic N) is 5. The summed E-state index contributed by atoms with van der Waals surface area (Å²) in [6, 6.07) is 5.22. The lowest BCUT2D eigenvalue weighted by molar-refractivity contribution is 0.177. The summed E-state index contributed by atoms with van der Waals surface area (Å²) in [6.07, 6.45) is 8.12. The lowest BCUT2D eigenvalue weighted by Gasteiger charge is -2.35. The quantitative estimate of drug-likeness (QED) is 0.518. The Morgan fingerprint density at radius 2 is 1.82 bits per heavy atom. The molecule has 2 aromatic rings. The zero-order valence-corrected chi connectivity index (χ0v) is 23.9. The Bertz CT molecular complexity index is 1140. The Kier molecular flexibility index (Phi) is 8.91. The summed E-state index contributed by atoms with van der Waals surface area (Å²) in [4.78, 5) is 17.6. The minimum absolute atomic E-state index is 0.413. The Morgan fingerprint density at radius 3 is 2.50 bits per heavy atom. The van der Waals surface area contributed by atoms with E-state index >= 15 is 0 Å². The highest BCUT2D eigenvalue weighted by molar-refractivity contribution is 5.93. The van der Waals surface area contributed by atoms with Crippen LogP contribution in [0.25, 0.3) is 10.9 Å². The van der Waals surface area contributed by atoms with Crippen molar-refractivity contribution in [2.45, 2.75) is 77.8 Å². The van der Waals surface area contributed by atoms with E-state index in [-0.39, 0.29) is 0 Å². The Hall–Kier alpha value is -2.56. The fourth-order valence-electron chi connectivity index (χ4n) is 6.11. The van der Waals surface area contributed by atoms with E-state index in [4.69, 9.17) is 14.7 Å². The van der Waals surface area contributed by atoms with Gasteiger partial charge in [-0.1, -0.05) is 18.8 Å². The average Bonchev–Trinajstić information content (AvgIpc) is 3.36. The molecule has 206 valence electrons. The van der Waals surface area contributed by atoms with Gasteiger partial charge in [0, 0.05) is 63.2 Å². The Morgan fingerprint density at radius 1 is 1.03 bits per heavy atom. The molecule has 0 unspecified atom stereocenters. The average molecular weight is 519 g/mol. The summed E-state index contributed by atoms with van der Waals surface area (Å²) in [5, 5.41) is 4.84. The highest BCUT2D eigenvalue weighted by atomic mass is 16.5. The smallest absolute Gasteiger partial charge is 0.227 e. The van der Waals surface area contributed by atoms with Gasteiger partial charge in [-0.2, -0.15) is 4.98 Å². The molecule has 0 aliphatic carbocycles. The highest BCUT2D eigenvalue weighted by Gasteiger charge is 2.24.